The Labute approximate surface area is 123 Å². The van der Waals surface area contributed by atoms with Crippen molar-refractivity contribution in [2.24, 2.45) is 0 Å². The molecule has 5 heteroatoms. The molecule has 2 aromatic carbocycles. The molecule has 0 unspecified atom stereocenters. The zero-order valence-corrected chi connectivity index (χ0v) is 11.5. The highest BCUT2D eigenvalue weighted by Gasteiger charge is 2.00. The number of ether oxygens (including phenoxy) is 1. The van der Waals surface area contributed by atoms with Crippen LogP contribution in [-0.4, -0.2) is 21.4 Å². The van der Waals surface area contributed by atoms with Crippen LogP contribution in [0.2, 0.25) is 0 Å². The van der Waals surface area contributed by atoms with E-state index in [9.17, 15) is 0 Å². The summed E-state index contributed by atoms with van der Waals surface area (Å²) in [6.07, 6.45) is 2.48. The number of nitrogen functional groups attached to an aromatic ring is 1. The molecule has 0 spiro atoms. The molecule has 0 aliphatic rings. The van der Waals surface area contributed by atoms with Crippen LogP contribution in [0.1, 0.15) is 5.56 Å². The Morgan fingerprint density at radius 2 is 1.76 bits per heavy atom. The molecule has 0 saturated carbocycles. The van der Waals surface area contributed by atoms with E-state index < -0.39 is 0 Å². The molecule has 5 nitrogen and oxygen atoms in total. The Morgan fingerprint density at radius 3 is 2.43 bits per heavy atom. The van der Waals surface area contributed by atoms with Gasteiger partial charge in [0.2, 0.25) is 5.95 Å². The third-order valence-corrected chi connectivity index (χ3v) is 3.11. The monoisotopic (exact) mass is 280 g/mol. The summed E-state index contributed by atoms with van der Waals surface area (Å²) in [6, 6.07) is 18.0. The molecular weight excluding hydrogens is 264 g/mol. The summed E-state index contributed by atoms with van der Waals surface area (Å²) in [5.41, 5.74) is 7.67. The van der Waals surface area contributed by atoms with Crippen molar-refractivity contribution in [3.63, 3.8) is 0 Å². The molecule has 0 saturated heterocycles. The highest BCUT2D eigenvalue weighted by atomic mass is 16.5. The minimum Gasteiger partial charge on any atom is -0.493 e. The minimum atomic E-state index is 0.262. The number of nitrogens with zero attached hydrogens (tertiary/aromatic N) is 3. The largest absolute Gasteiger partial charge is 0.493 e. The van der Waals surface area contributed by atoms with E-state index in [1.165, 1.54) is 5.56 Å². The van der Waals surface area contributed by atoms with Crippen molar-refractivity contribution in [1.82, 2.24) is 14.8 Å². The van der Waals surface area contributed by atoms with Crippen LogP contribution in [0.4, 0.5) is 5.95 Å². The van der Waals surface area contributed by atoms with Crippen molar-refractivity contribution < 1.29 is 4.74 Å². The Balaban J connectivity index is 1.57. The average molecular weight is 280 g/mol. The number of hydrogen-bond donors (Lipinski definition) is 1. The predicted octanol–water partition coefficient (Wildman–Crippen LogP) is 2.47. The van der Waals surface area contributed by atoms with Gasteiger partial charge in [-0.25, -0.2) is 9.67 Å². The van der Waals surface area contributed by atoms with Crippen molar-refractivity contribution >= 4 is 5.95 Å². The number of rotatable bonds is 5. The van der Waals surface area contributed by atoms with Crippen LogP contribution in [0.15, 0.2) is 60.9 Å². The molecule has 0 bridgehead atoms. The lowest BCUT2D eigenvalue weighted by atomic mass is 10.2. The van der Waals surface area contributed by atoms with Crippen LogP contribution < -0.4 is 10.5 Å². The van der Waals surface area contributed by atoms with Gasteiger partial charge in [0.1, 0.15) is 12.1 Å². The van der Waals surface area contributed by atoms with Gasteiger partial charge in [-0.2, -0.15) is 0 Å². The maximum Gasteiger partial charge on any atom is 0.239 e. The molecule has 0 amide bonds. The summed E-state index contributed by atoms with van der Waals surface area (Å²) >= 11 is 0. The van der Waals surface area contributed by atoms with Gasteiger partial charge in [0.25, 0.3) is 0 Å². The van der Waals surface area contributed by atoms with Crippen LogP contribution in [-0.2, 0) is 6.42 Å². The van der Waals surface area contributed by atoms with E-state index in [2.05, 4.69) is 22.2 Å². The van der Waals surface area contributed by atoms with E-state index in [4.69, 9.17) is 10.5 Å². The summed E-state index contributed by atoms with van der Waals surface area (Å²) < 4.78 is 7.36. The van der Waals surface area contributed by atoms with Crippen LogP contribution in [0.25, 0.3) is 5.69 Å². The molecule has 3 rings (SSSR count). The SMILES string of the molecule is Nc1ncn(-c2ccc(OCCc3ccccc3)cc2)n1. The zero-order valence-electron chi connectivity index (χ0n) is 11.5. The first-order chi connectivity index (χ1) is 10.3. The Kier molecular flexibility index (Phi) is 3.82. The third-order valence-electron chi connectivity index (χ3n) is 3.11. The average Bonchev–Trinajstić information content (AvgIpc) is 2.96. The Bertz CT molecular complexity index is 692. The van der Waals surface area contributed by atoms with E-state index in [1.54, 1.807) is 11.0 Å². The first-order valence-electron chi connectivity index (χ1n) is 6.75. The third kappa shape index (κ3) is 3.39. The second-order valence-electron chi connectivity index (χ2n) is 4.63. The molecule has 1 heterocycles. The van der Waals surface area contributed by atoms with Crippen molar-refractivity contribution in [2.45, 2.75) is 6.42 Å². The smallest absolute Gasteiger partial charge is 0.239 e. The van der Waals surface area contributed by atoms with E-state index in [0.717, 1.165) is 17.9 Å². The maximum atomic E-state index is 5.74. The molecule has 3 aromatic rings. The normalized spacial score (nSPS) is 10.5. The fourth-order valence-corrected chi connectivity index (χ4v) is 2.03. The molecule has 0 fully saturated rings. The quantitative estimate of drug-likeness (QED) is 0.779. The number of anilines is 1. The fraction of sp³-hybridized carbons (Fsp3) is 0.125. The molecule has 0 atom stereocenters. The lowest BCUT2D eigenvalue weighted by Crippen LogP contribution is -2.01. The van der Waals surface area contributed by atoms with Gasteiger partial charge in [-0.3, -0.25) is 0 Å². The maximum absolute atomic E-state index is 5.74. The first-order valence-corrected chi connectivity index (χ1v) is 6.75. The minimum absolute atomic E-state index is 0.262. The van der Waals surface area contributed by atoms with Gasteiger partial charge in [-0.05, 0) is 29.8 Å². The molecule has 2 N–H and O–H groups in total. The topological polar surface area (TPSA) is 66.0 Å². The van der Waals surface area contributed by atoms with Gasteiger partial charge < -0.3 is 10.5 Å². The van der Waals surface area contributed by atoms with Gasteiger partial charge in [-0.15, -0.1) is 5.10 Å². The van der Waals surface area contributed by atoms with Crippen LogP contribution in [0, 0.1) is 0 Å². The second-order valence-corrected chi connectivity index (χ2v) is 4.63. The summed E-state index contributed by atoms with van der Waals surface area (Å²) in [7, 11) is 0. The lowest BCUT2D eigenvalue weighted by molar-refractivity contribution is 0.322. The summed E-state index contributed by atoms with van der Waals surface area (Å²) in [4.78, 5) is 3.90. The molecule has 0 aliphatic carbocycles. The Morgan fingerprint density at radius 1 is 1.00 bits per heavy atom. The van der Waals surface area contributed by atoms with Gasteiger partial charge in [0, 0.05) is 6.42 Å². The molecular formula is C16H16N4O. The number of benzene rings is 2. The van der Waals surface area contributed by atoms with Crippen molar-refractivity contribution in [3.05, 3.63) is 66.5 Å². The highest BCUT2D eigenvalue weighted by molar-refractivity contribution is 5.37. The van der Waals surface area contributed by atoms with Crippen LogP contribution in [0.5, 0.6) is 5.75 Å². The summed E-state index contributed by atoms with van der Waals surface area (Å²) in [6.45, 7) is 0.652. The van der Waals surface area contributed by atoms with Crippen LogP contribution >= 0.6 is 0 Å². The number of aromatic nitrogens is 3. The van der Waals surface area contributed by atoms with E-state index in [1.807, 2.05) is 42.5 Å². The summed E-state index contributed by atoms with van der Waals surface area (Å²) in [5, 5.41) is 4.05. The van der Waals surface area contributed by atoms with Gasteiger partial charge in [-0.1, -0.05) is 30.3 Å². The van der Waals surface area contributed by atoms with Crippen molar-refractivity contribution in [3.8, 4) is 11.4 Å². The standard InChI is InChI=1S/C16H16N4O/c17-16-18-12-20(19-16)14-6-8-15(9-7-14)21-11-10-13-4-2-1-3-5-13/h1-9,12H,10-11H2,(H2,17,19). The predicted molar refractivity (Wildman–Crippen MR) is 81.4 cm³/mol. The number of nitrogens with two attached hydrogens (primary N) is 1. The van der Waals surface area contributed by atoms with E-state index in [-0.39, 0.29) is 5.95 Å². The van der Waals surface area contributed by atoms with Crippen molar-refractivity contribution in [1.29, 1.82) is 0 Å². The first kappa shape index (κ1) is 13.2. The molecule has 1 aromatic heterocycles. The van der Waals surface area contributed by atoms with Gasteiger partial charge >= 0.3 is 0 Å². The molecule has 21 heavy (non-hydrogen) atoms. The molecule has 0 aliphatic heterocycles. The highest BCUT2D eigenvalue weighted by Crippen LogP contribution is 2.15. The van der Waals surface area contributed by atoms with E-state index in [0.29, 0.717) is 6.61 Å². The van der Waals surface area contributed by atoms with Gasteiger partial charge in [0.05, 0.1) is 12.3 Å². The summed E-state index contributed by atoms with van der Waals surface area (Å²) in [5.74, 6) is 1.10. The molecule has 106 valence electrons. The lowest BCUT2D eigenvalue weighted by Gasteiger charge is -2.07. The Hall–Kier alpha value is -2.82. The van der Waals surface area contributed by atoms with E-state index >= 15 is 0 Å². The van der Waals surface area contributed by atoms with Gasteiger partial charge in [0.15, 0.2) is 0 Å². The van der Waals surface area contributed by atoms with Crippen molar-refractivity contribution in [2.75, 3.05) is 12.3 Å². The second kappa shape index (κ2) is 6.09. The number of hydrogen-bond acceptors (Lipinski definition) is 4. The molecule has 0 radical (unpaired) electrons. The zero-order chi connectivity index (χ0) is 14.5. The van der Waals surface area contributed by atoms with Crippen LogP contribution in [0.3, 0.4) is 0 Å². The fourth-order valence-electron chi connectivity index (χ4n) is 2.03.